The molecule has 0 aliphatic carbocycles. The van der Waals surface area contributed by atoms with Gasteiger partial charge in [0.2, 0.25) is 0 Å². The van der Waals surface area contributed by atoms with Crippen LogP contribution in [0.4, 0.5) is 4.79 Å². The lowest BCUT2D eigenvalue weighted by molar-refractivity contribution is -0.142. The number of carboxylic acids is 1. The molecule has 6 heteroatoms. The van der Waals surface area contributed by atoms with Crippen LogP contribution < -0.4 is 10.6 Å². The summed E-state index contributed by atoms with van der Waals surface area (Å²) >= 11 is 0. The second-order valence-corrected chi connectivity index (χ2v) is 4.54. The monoisotopic (exact) mass is 251 g/mol. The molecule has 0 bridgehead atoms. The third-order valence-corrected chi connectivity index (χ3v) is 2.54. The molecule has 1 rings (SSSR count). The Morgan fingerprint density at radius 1 is 1.44 bits per heavy atom. The van der Waals surface area contributed by atoms with E-state index in [0.29, 0.717) is 6.54 Å². The highest BCUT2D eigenvalue weighted by molar-refractivity contribution is 5.85. The lowest BCUT2D eigenvalue weighted by Gasteiger charge is -2.21. The van der Waals surface area contributed by atoms with Crippen LogP contribution >= 0.6 is 0 Å². The first kappa shape index (κ1) is 14.0. The number of pyridine rings is 1. The summed E-state index contributed by atoms with van der Waals surface area (Å²) in [6.07, 6.45) is 3.35. The smallest absolute Gasteiger partial charge is 0.328 e. The van der Waals surface area contributed by atoms with Gasteiger partial charge < -0.3 is 15.7 Å². The third-order valence-electron chi connectivity index (χ3n) is 2.54. The molecule has 0 saturated carbocycles. The molecule has 0 saturated heterocycles. The molecule has 0 fully saturated rings. The third kappa shape index (κ3) is 3.73. The molecular formula is C12H17N3O3. The Hall–Kier alpha value is -2.11. The number of nitrogens with zero attached hydrogens (tertiary/aromatic N) is 1. The van der Waals surface area contributed by atoms with Gasteiger partial charge in [-0.1, -0.05) is 0 Å². The van der Waals surface area contributed by atoms with E-state index in [9.17, 15) is 9.59 Å². The maximum absolute atomic E-state index is 11.5. The summed E-state index contributed by atoms with van der Waals surface area (Å²) in [5, 5.41) is 13.9. The summed E-state index contributed by atoms with van der Waals surface area (Å²) < 4.78 is 0. The number of aromatic nitrogens is 1. The quantitative estimate of drug-likeness (QED) is 0.746. The first-order valence-electron chi connectivity index (χ1n) is 5.52. The Balaban J connectivity index is 2.53. The van der Waals surface area contributed by atoms with E-state index in [1.807, 2.05) is 6.92 Å². The lowest BCUT2D eigenvalue weighted by Crippen LogP contribution is -2.53. The highest BCUT2D eigenvalue weighted by Gasteiger charge is 2.28. The fraction of sp³-hybridized carbons (Fsp3) is 0.417. The van der Waals surface area contributed by atoms with Crippen LogP contribution in [-0.2, 0) is 11.3 Å². The number of aliphatic carboxylic acids is 1. The molecule has 0 spiro atoms. The van der Waals surface area contributed by atoms with Crippen molar-refractivity contribution in [3.8, 4) is 0 Å². The molecule has 3 N–H and O–H groups in total. The summed E-state index contributed by atoms with van der Waals surface area (Å²) in [5.41, 5.74) is 0.612. The van der Waals surface area contributed by atoms with Crippen LogP contribution in [0.3, 0.4) is 0 Å². The Labute approximate surface area is 105 Å². The minimum atomic E-state index is -1.29. The zero-order chi connectivity index (χ0) is 13.8. The second kappa shape index (κ2) is 5.48. The summed E-state index contributed by atoms with van der Waals surface area (Å²) in [7, 11) is 0. The molecule has 0 radical (unpaired) electrons. The van der Waals surface area contributed by atoms with Crippen LogP contribution in [0.15, 0.2) is 18.5 Å². The number of rotatable bonds is 4. The van der Waals surface area contributed by atoms with Gasteiger partial charge >= 0.3 is 12.0 Å². The minimum absolute atomic E-state index is 0.329. The van der Waals surface area contributed by atoms with Gasteiger partial charge in [0.15, 0.2) is 0 Å². The van der Waals surface area contributed by atoms with Gasteiger partial charge in [0.25, 0.3) is 0 Å². The predicted molar refractivity (Wildman–Crippen MR) is 66.1 cm³/mol. The maximum Gasteiger partial charge on any atom is 0.328 e. The molecule has 1 heterocycles. The van der Waals surface area contributed by atoms with Gasteiger partial charge in [-0.15, -0.1) is 0 Å². The molecular weight excluding hydrogens is 234 g/mol. The van der Waals surface area contributed by atoms with E-state index in [1.54, 1.807) is 18.5 Å². The van der Waals surface area contributed by atoms with Gasteiger partial charge in [-0.25, -0.2) is 9.59 Å². The SMILES string of the molecule is Cc1cnccc1CNC(=O)NC(C)(C)C(=O)O. The molecule has 0 unspecified atom stereocenters. The molecule has 18 heavy (non-hydrogen) atoms. The molecule has 0 aliphatic rings. The van der Waals surface area contributed by atoms with Crippen LogP contribution in [0.5, 0.6) is 0 Å². The van der Waals surface area contributed by atoms with Gasteiger partial charge in [-0.3, -0.25) is 4.98 Å². The van der Waals surface area contributed by atoms with Crippen LogP contribution in [0.25, 0.3) is 0 Å². The summed E-state index contributed by atoms with van der Waals surface area (Å²) in [5.74, 6) is -1.09. The Bertz CT molecular complexity index is 458. The van der Waals surface area contributed by atoms with E-state index in [1.165, 1.54) is 13.8 Å². The van der Waals surface area contributed by atoms with Crippen molar-refractivity contribution in [2.75, 3.05) is 0 Å². The van der Waals surface area contributed by atoms with Crippen molar-refractivity contribution in [2.45, 2.75) is 32.9 Å². The Kier molecular flexibility index (Phi) is 4.25. The Morgan fingerprint density at radius 3 is 2.67 bits per heavy atom. The van der Waals surface area contributed by atoms with Crippen molar-refractivity contribution < 1.29 is 14.7 Å². The maximum atomic E-state index is 11.5. The average Bonchev–Trinajstić information content (AvgIpc) is 2.27. The van der Waals surface area contributed by atoms with Crippen molar-refractivity contribution in [2.24, 2.45) is 0 Å². The highest BCUT2D eigenvalue weighted by Crippen LogP contribution is 2.05. The van der Waals surface area contributed by atoms with Crippen LogP contribution in [-0.4, -0.2) is 27.6 Å². The van der Waals surface area contributed by atoms with Gasteiger partial charge in [0.05, 0.1) is 0 Å². The molecule has 0 aliphatic heterocycles. The van der Waals surface area contributed by atoms with Crippen molar-refractivity contribution >= 4 is 12.0 Å². The van der Waals surface area contributed by atoms with Gasteiger partial charge in [0, 0.05) is 18.9 Å². The van der Waals surface area contributed by atoms with Crippen molar-refractivity contribution in [1.82, 2.24) is 15.6 Å². The van der Waals surface area contributed by atoms with Crippen LogP contribution in [0, 0.1) is 6.92 Å². The predicted octanol–water partition coefficient (Wildman–Crippen LogP) is 1.05. The summed E-state index contributed by atoms with van der Waals surface area (Å²) in [6.45, 7) is 5.07. The zero-order valence-corrected chi connectivity index (χ0v) is 10.7. The molecule has 0 aromatic carbocycles. The molecule has 2 amide bonds. The number of hydrogen-bond donors (Lipinski definition) is 3. The van der Waals surface area contributed by atoms with Crippen molar-refractivity contribution in [3.63, 3.8) is 0 Å². The van der Waals surface area contributed by atoms with E-state index >= 15 is 0 Å². The van der Waals surface area contributed by atoms with Crippen LogP contribution in [0.2, 0.25) is 0 Å². The molecule has 1 aromatic rings. The number of aryl methyl sites for hydroxylation is 1. The molecule has 98 valence electrons. The molecule has 0 atom stereocenters. The number of carboxylic acid groups (broad SMARTS) is 1. The number of hydrogen-bond acceptors (Lipinski definition) is 3. The first-order valence-corrected chi connectivity index (χ1v) is 5.52. The van der Waals surface area contributed by atoms with E-state index in [4.69, 9.17) is 5.11 Å². The van der Waals surface area contributed by atoms with Gasteiger partial charge in [-0.2, -0.15) is 0 Å². The van der Waals surface area contributed by atoms with Gasteiger partial charge in [0.1, 0.15) is 5.54 Å². The van der Waals surface area contributed by atoms with Gasteiger partial charge in [-0.05, 0) is 38.0 Å². The number of urea groups is 1. The van der Waals surface area contributed by atoms with E-state index in [0.717, 1.165) is 11.1 Å². The standard InChI is InChI=1S/C12H17N3O3/c1-8-6-13-5-4-9(8)7-14-11(18)15-12(2,3)10(16)17/h4-6H,7H2,1-3H3,(H,16,17)(H2,14,15,18). The van der Waals surface area contributed by atoms with E-state index in [2.05, 4.69) is 15.6 Å². The van der Waals surface area contributed by atoms with E-state index < -0.39 is 17.5 Å². The second-order valence-electron chi connectivity index (χ2n) is 4.54. The van der Waals surface area contributed by atoms with Crippen molar-refractivity contribution in [3.05, 3.63) is 29.6 Å². The zero-order valence-electron chi connectivity index (χ0n) is 10.7. The van der Waals surface area contributed by atoms with Crippen molar-refractivity contribution in [1.29, 1.82) is 0 Å². The highest BCUT2D eigenvalue weighted by atomic mass is 16.4. The topological polar surface area (TPSA) is 91.3 Å². The minimum Gasteiger partial charge on any atom is -0.480 e. The number of amides is 2. The summed E-state index contributed by atoms with van der Waals surface area (Å²) in [4.78, 5) is 26.3. The fourth-order valence-electron chi connectivity index (χ4n) is 1.26. The van der Waals surface area contributed by atoms with Crippen LogP contribution in [0.1, 0.15) is 25.0 Å². The molecule has 1 aromatic heterocycles. The Morgan fingerprint density at radius 2 is 2.11 bits per heavy atom. The average molecular weight is 251 g/mol. The normalized spacial score (nSPS) is 10.8. The number of carbonyl (C=O) groups is 2. The number of carbonyl (C=O) groups excluding carboxylic acids is 1. The fourth-order valence-corrected chi connectivity index (χ4v) is 1.26. The largest absolute Gasteiger partial charge is 0.480 e. The number of nitrogens with one attached hydrogen (secondary N) is 2. The summed E-state index contributed by atoms with van der Waals surface area (Å²) in [6, 6.07) is 1.29. The molecule has 6 nitrogen and oxygen atoms in total. The lowest BCUT2D eigenvalue weighted by atomic mass is 10.1. The first-order chi connectivity index (χ1) is 8.33. The van der Waals surface area contributed by atoms with E-state index in [-0.39, 0.29) is 0 Å².